The summed E-state index contributed by atoms with van der Waals surface area (Å²) >= 11 is 3.27. The normalized spacial score (nSPS) is 16.4. The highest BCUT2D eigenvalue weighted by atomic mass is 32.1. The zero-order chi connectivity index (χ0) is 20.5. The van der Waals surface area contributed by atoms with Crippen LogP contribution in [0.3, 0.4) is 0 Å². The maximum absolute atomic E-state index is 12.7. The van der Waals surface area contributed by atoms with E-state index in [0.29, 0.717) is 13.1 Å². The predicted molar refractivity (Wildman–Crippen MR) is 118 cm³/mol. The van der Waals surface area contributed by atoms with Crippen LogP contribution in [0, 0.1) is 26.7 Å². The number of rotatable bonds is 5. The van der Waals surface area contributed by atoms with Crippen LogP contribution in [0.2, 0.25) is 0 Å². The lowest BCUT2D eigenvalue weighted by Crippen LogP contribution is -2.32. The SMILES string of the molecule is Cc1ccc(N2CC(C(=O)NCc3sc(-c4cccs4)nc3C)CC2=O)cc1C. The number of hydrogen-bond donors (Lipinski definition) is 1. The summed E-state index contributed by atoms with van der Waals surface area (Å²) in [5, 5.41) is 6.03. The van der Waals surface area contributed by atoms with Gasteiger partial charge in [0.25, 0.3) is 0 Å². The second-order valence-electron chi connectivity index (χ2n) is 7.40. The molecule has 0 bridgehead atoms. The molecule has 1 aliphatic heterocycles. The molecule has 0 radical (unpaired) electrons. The highest BCUT2D eigenvalue weighted by Gasteiger charge is 2.35. The first-order valence-electron chi connectivity index (χ1n) is 9.58. The largest absolute Gasteiger partial charge is 0.351 e. The van der Waals surface area contributed by atoms with Gasteiger partial charge in [-0.25, -0.2) is 4.98 Å². The molecule has 0 aliphatic carbocycles. The number of hydrogen-bond acceptors (Lipinski definition) is 5. The molecule has 2 amide bonds. The molecule has 4 rings (SSSR count). The minimum atomic E-state index is -0.325. The van der Waals surface area contributed by atoms with Gasteiger partial charge in [0.1, 0.15) is 5.01 Å². The van der Waals surface area contributed by atoms with Crippen molar-refractivity contribution in [1.29, 1.82) is 0 Å². The fraction of sp³-hybridized carbons (Fsp3) is 0.318. The Balaban J connectivity index is 1.39. The predicted octanol–water partition coefficient (Wildman–Crippen LogP) is 4.47. The molecule has 5 nitrogen and oxygen atoms in total. The Kier molecular flexibility index (Phi) is 5.52. The van der Waals surface area contributed by atoms with E-state index >= 15 is 0 Å². The maximum Gasteiger partial charge on any atom is 0.227 e. The average molecular weight is 426 g/mol. The van der Waals surface area contributed by atoms with E-state index in [-0.39, 0.29) is 24.2 Å². The van der Waals surface area contributed by atoms with Crippen molar-refractivity contribution < 1.29 is 9.59 Å². The summed E-state index contributed by atoms with van der Waals surface area (Å²) in [5.74, 6) is -0.397. The van der Waals surface area contributed by atoms with E-state index in [1.54, 1.807) is 27.6 Å². The summed E-state index contributed by atoms with van der Waals surface area (Å²) < 4.78 is 0. The summed E-state index contributed by atoms with van der Waals surface area (Å²) in [6.45, 7) is 6.92. The summed E-state index contributed by atoms with van der Waals surface area (Å²) in [5.41, 5.74) is 4.15. The molecule has 1 unspecified atom stereocenters. The number of aromatic nitrogens is 1. The van der Waals surface area contributed by atoms with Crippen LogP contribution < -0.4 is 10.2 Å². The molecule has 0 spiro atoms. The molecule has 3 heterocycles. The van der Waals surface area contributed by atoms with Crippen molar-refractivity contribution >= 4 is 40.2 Å². The molecule has 7 heteroatoms. The fourth-order valence-corrected chi connectivity index (χ4v) is 5.23. The molecular formula is C22H23N3O2S2. The van der Waals surface area contributed by atoms with Crippen molar-refractivity contribution in [3.05, 3.63) is 57.4 Å². The lowest BCUT2D eigenvalue weighted by molar-refractivity contribution is -0.126. The molecule has 2 aromatic heterocycles. The molecule has 1 aliphatic rings. The summed E-state index contributed by atoms with van der Waals surface area (Å²) in [6.07, 6.45) is 0.251. The number of thiophene rings is 1. The average Bonchev–Trinajstić information content (AvgIpc) is 3.42. The number of nitrogens with zero attached hydrogens (tertiary/aromatic N) is 2. The first-order chi connectivity index (χ1) is 13.9. The summed E-state index contributed by atoms with van der Waals surface area (Å²) in [4.78, 5) is 33.7. The number of anilines is 1. The van der Waals surface area contributed by atoms with Crippen LogP contribution in [-0.2, 0) is 16.1 Å². The molecule has 29 heavy (non-hydrogen) atoms. The summed E-state index contributed by atoms with van der Waals surface area (Å²) in [6, 6.07) is 10.0. The minimum absolute atomic E-state index is 0.00218. The van der Waals surface area contributed by atoms with Crippen LogP contribution in [-0.4, -0.2) is 23.3 Å². The Morgan fingerprint density at radius 2 is 2.07 bits per heavy atom. The molecule has 1 saturated heterocycles. The van der Waals surface area contributed by atoms with Crippen LogP contribution in [0.25, 0.3) is 9.88 Å². The van der Waals surface area contributed by atoms with Gasteiger partial charge in [0, 0.05) is 23.5 Å². The zero-order valence-electron chi connectivity index (χ0n) is 16.7. The van der Waals surface area contributed by atoms with Crippen molar-refractivity contribution in [2.75, 3.05) is 11.4 Å². The first-order valence-corrected chi connectivity index (χ1v) is 11.3. The standard InChI is InChI=1S/C22H23N3O2S2/c1-13-6-7-17(9-14(13)2)25-12-16(10-20(25)26)21(27)23-11-19-15(3)24-22(29-19)18-5-4-8-28-18/h4-9,16H,10-12H2,1-3H3,(H,23,27). The van der Waals surface area contributed by atoms with Crippen molar-refractivity contribution in [3.8, 4) is 9.88 Å². The number of benzene rings is 1. The van der Waals surface area contributed by atoms with Gasteiger partial charge in [-0.1, -0.05) is 12.1 Å². The van der Waals surface area contributed by atoms with Gasteiger partial charge in [-0.15, -0.1) is 22.7 Å². The molecular weight excluding hydrogens is 402 g/mol. The maximum atomic E-state index is 12.7. The molecule has 1 N–H and O–H groups in total. The van der Waals surface area contributed by atoms with Gasteiger partial charge in [0.15, 0.2) is 0 Å². The second kappa shape index (κ2) is 8.08. The van der Waals surface area contributed by atoms with Gasteiger partial charge < -0.3 is 10.2 Å². The first kappa shape index (κ1) is 19.8. The fourth-order valence-electron chi connectivity index (χ4n) is 3.44. The van der Waals surface area contributed by atoms with Gasteiger partial charge in [-0.2, -0.15) is 0 Å². The van der Waals surface area contributed by atoms with E-state index in [0.717, 1.165) is 31.7 Å². The van der Waals surface area contributed by atoms with E-state index in [2.05, 4.69) is 16.4 Å². The Bertz CT molecular complexity index is 1060. The Hall–Kier alpha value is -2.51. The smallest absolute Gasteiger partial charge is 0.227 e. The number of carbonyl (C=O) groups is 2. The third-order valence-electron chi connectivity index (χ3n) is 5.35. The molecule has 3 aromatic rings. The minimum Gasteiger partial charge on any atom is -0.351 e. The third kappa shape index (κ3) is 4.11. The van der Waals surface area contributed by atoms with Crippen molar-refractivity contribution in [2.45, 2.75) is 33.7 Å². The number of carbonyl (C=O) groups excluding carboxylic acids is 2. The Morgan fingerprint density at radius 3 is 2.79 bits per heavy atom. The Labute approximate surface area is 178 Å². The lowest BCUT2D eigenvalue weighted by atomic mass is 10.1. The molecule has 1 fully saturated rings. The van der Waals surface area contributed by atoms with Crippen molar-refractivity contribution in [2.24, 2.45) is 5.92 Å². The third-order valence-corrected chi connectivity index (χ3v) is 7.54. The number of amides is 2. The van der Waals surface area contributed by atoms with E-state index in [1.165, 1.54) is 5.56 Å². The highest BCUT2D eigenvalue weighted by molar-refractivity contribution is 7.21. The highest BCUT2D eigenvalue weighted by Crippen LogP contribution is 2.31. The molecule has 0 saturated carbocycles. The van der Waals surface area contributed by atoms with Gasteiger partial charge in [0.05, 0.1) is 23.0 Å². The quantitative estimate of drug-likeness (QED) is 0.656. The monoisotopic (exact) mass is 425 g/mol. The van der Waals surface area contributed by atoms with E-state index in [9.17, 15) is 9.59 Å². The van der Waals surface area contributed by atoms with Gasteiger partial charge >= 0.3 is 0 Å². The molecule has 150 valence electrons. The second-order valence-corrected chi connectivity index (χ2v) is 9.43. The van der Waals surface area contributed by atoms with Crippen LogP contribution >= 0.6 is 22.7 Å². The van der Waals surface area contributed by atoms with Crippen LogP contribution in [0.5, 0.6) is 0 Å². The van der Waals surface area contributed by atoms with Crippen LogP contribution in [0.4, 0.5) is 5.69 Å². The molecule has 1 atom stereocenters. The Morgan fingerprint density at radius 1 is 1.24 bits per heavy atom. The van der Waals surface area contributed by atoms with E-state index in [1.807, 2.05) is 50.4 Å². The van der Waals surface area contributed by atoms with Gasteiger partial charge in [-0.3, -0.25) is 9.59 Å². The lowest BCUT2D eigenvalue weighted by Gasteiger charge is -2.18. The van der Waals surface area contributed by atoms with Gasteiger partial charge in [0.2, 0.25) is 11.8 Å². The number of thiazole rings is 1. The topological polar surface area (TPSA) is 62.3 Å². The van der Waals surface area contributed by atoms with Crippen LogP contribution in [0.15, 0.2) is 35.7 Å². The van der Waals surface area contributed by atoms with E-state index in [4.69, 9.17) is 0 Å². The van der Waals surface area contributed by atoms with E-state index < -0.39 is 0 Å². The number of aryl methyl sites for hydroxylation is 3. The summed E-state index contributed by atoms with van der Waals surface area (Å²) in [7, 11) is 0. The number of nitrogens with one attached hydrogen (secondary N) is 1. The zero-order valence-corrected chi connectivity index (χ0v) is 18.3. The molecule has 1 aromatic carbocycles. The van der Waals surface area contributed by atoms with Crippen molar-refractivity contribution in [3.63, 3.8) is 0 Å². The van der Waals surface area contributed by atoms with Crippen LogP contribution in [0.1, 0.15) is 28.1 Å². The van der Waals surface area contributed by atoms with Gasteiger partial charge in [-0.05, 0) is 55.5 Å². The van der Waals surface area contributed by atoms with Crippen molar-refractivity contribution in [1.82, 2.24) is 10.3 Å².